The van der Waals surface area contributed by atoms with Crippen LogP contribution in [-0.4, -0.2) is 60.1 Å². The Morgan fingerprint density at radius 2 is 1.97 bits per heavy atom. The van der Waals surface area contributed by atoms with Crippen molar-refractivity contribution in [2.24, 2.45) is 0 Å². The van der Waals surface area contributed by atoms with Crippen molar-refractivity contribution >= 4 is 11.9 Å². The molecule has 0 aliphatic carbocycles. The molecule has 1 amide bonds. The number of likely N-dealkylation sites (tertiary alicyclic amines) is 1. The standard InChI is InChI=1S/C25H29N5O3/c1-17-7-8-21(22(14-17)32-4)33-16-23(31)30-13-5-6-20(30)24-19(18-9-11-26-12-10-18)15-27-25(28-24)29(2)3/h7-12,14-15,20H,5-6,13,16H2,1-4H3/t20-/m1/s1. The molecule has 0 spiro atoms. The number of anilines is 1. The molecule has 0 N–H and O–H groups in total. The number of hydrogen-bond acceptors (Lipinski definition) is 7. The number of nitrogens with zero attached hydrogens (tertiary/aromatic N) is 5. The molecule has 1 aliphatic heterocycles. The Labute approximate surface area is 194 Å². The van der Waals surface area contributed by atoms with Crippen molar-refractivity contribution in [3.8, 4) is 22.6 Å². The summed E-state index contributed by atoms with van der Waals surface area (Å²) in [7, 11) is 5.41. The fraction of sp³-hybridized carbons (Fsp3) is 0.360. The topological polar surface area (TPSA) is 80.7 Å². The summed E-state index contributed by atoms with van der Waals surface area (Å²) in [4.78, 5) is 30.5. The number of carbonyl (C=O) groups is 1. The second-order valence-corrected chi connectivity index (χ2v) is 8.29. The van der Waals surface area contributed by atoms with Gasteiger partial charge in [-0.05, 0) is 55.2 Å². The van der Waals surface area contributed by atoms with Gasteiger partial charge >= 0.3 is 0 Å². The smallest absolute Gasteiger partial charge is 0.261 e. The molecular formula is C25H29N5O3. The van der Waals surface area contributed by atoms with Crippen LogP contribution in [0.1, 0.15) is 30.1 Å². The second kappa shape index (κ2) is 9.85. The summed E-state index contributed by atoms with van der Waals surface area (Å²) in [6.07, 6.45) is 7.07. The maximum absolute atomic E-state index is 13.2. The first kappa shape index (κ1) is 22.5. The normalized spacial score (nSPS) is 15.4. The maximum Gasteiger partial charge on any atom is 0.261 e. The number of amides is 1. The zero-order valence-corrected chi connectivity index (χ0v) is 19.5. The van der Waals surface area contributed by atoms with Crippen LogP contribution in [0, 0.1) is 6.92 Å². The van der Waals surface area contributed by atoms with Gasteiger partial charge in [0.15, 0.2) is 18.1 Å². The molecule has 8 heteroatoms. The molecule has 4 rings (SSSR count). The van der Waals surface area contributed by atoms with Crippen LogP contribution < -0.4 is 14.4 Å². The zero-order chi connectivity index (χ0) is 23.4. The van der Waals surface area contributed by atoms with E-state index in [0.717, 1.165) is 35.2 Å². The van der Waals surface area contributed by atoms with Crippen molar-refractivity contribution in [3.63, 3.8) is 0 Å². The Morgan fingerprint density at radius 3 is 2.70 bits per heavy atom. The van der Waals surface area contributed by atoms with Crippen LogP contribution in [-0.2, 0) is 4.79 Å². The molecular weight excluding hydrogens is 418 g/mol. The van der Waals surface area contributed by atoms with Crippen molar-refractivity contribution in [1.82, 2.24) is 19.9 Å². The molecule has 0 unspecified atom stereocenters. The number of rotatable bonds is 7. The quantitative estimate of drug-likeness (QED) is 0.547. The number of aromatic nitrogens is 3. The molecule has 172 valence electrons. The number of carbonyl (C=O) groups excluding carboxylic acids is 1. The summed E-state index contributed by atoms with van der Waals surface area (Å²) in [6, 6.07) is 9.38. The Bertz CT molecular complexity index is 1120. The third-order valence-corrected chi connectivity index (χ3v) is 5.76. The lowest BCUT2D eigenvalue weighted by atomic mass is 10.0. The van der Waals surface area contributed by atoms with E-state index in [0.29, 0.717) is 24.0 Å². The number of benzene rings is 1. The minimum atomic E-state index is -0.147. The summed E-state index contributed by atoms with van der Waals surface area (Å²) < 4.78 is 11.3. The average Bonchev–Trinajstić information content (AvgIpc) is 3.33. The molecule has 0 saturated carbocycles. The SMILES string of the molecule is COc1cc(C)ccc1OCC(=O)N1CCC[C@@H]1c1nc(N(C)C)ncc1-c1ccncc1. The van der Waals surface area contributed by atoms with Crippen LogP contribution in [0.2, 0.25) is 0 Å². The first-order valence-corrected chi connectivity index (χ1v) is 11.0. The molecule has 1 fully saturated rings. The monoisotopic (exact) mass is 447 g/mol. The first-order valence-electron chi connectivity index (χ1n) is 11.0. The second-order valence-electron chi connectivity index (χ2n) is 8.29. The molecule has 1 atom stereocenters. The zero-order valence-electron chi connectivity index (χ0n) is 19.5. The van der Waals surface area contributed by atoms with Crippen molar-refractivity contribution in [1.29, 1.82) is 0 Å². The highest BCUT2D eigenvalue weighted by atomic mass is 16.5. The molecule has 0 radical (unpaired) electrons. The third kappa shape index (κ3) is 4.89. The largest absolute Gasteiger partial charge is 0.493 e. The van der Waals surface area contributed by atoms with E-state index >= 15 is 0 Å². The highest BCUT2D eigenvalue weighted by Crippen LogP contribution is 2.37. The van der Waals surface area contributed by atoms with E-state index < -0.39 is 0 Å². The van der Waals surface area contributed by atoms with E-state index in [1.165, 1.54) is 0 Å². The number of aryl methyl sites for hydroxylation is 1. The summed E-state index contributed by atoms with van der Waals surface area (Å²) in [5.41, 5.74) is 3.80. The van der Waals surface area contributed by atoms with E-state index in [-0.39, 0.29) is 18.6 Å². The van der Waals surface area contributed by atoms with E-state index in [1.807, 2.05) is 67.3 Å². The molecule has 8 nitrogen and oxygen atoms in total. The summed E-state index contributed by atoms with van der Waals surface area (Å²) in [5.74, 6) is 1.71. The maximum atomic E-state index is 13.2. The average molecular weight is 448 g/mol. The van der Waals surface area contributed by atoms with Gasteiger partial charge in [-0.15, -0.1) is 0 Å². The van der Waals surface area contributed by atoms with Crippen LogP contribution in [0.4, 0.5) is 5.95 Å². The lowest BCUT2D eigenvalue weighted by molar-refractivity contribution is -0.134. The molecule has 1 aromatic carbocycles. The third-order valence-electron chi connectivity index (χ3n) is 5.76. The van der Waals surface area contributed by atoms with Crippen LogP contribution in [0.25, 0.3) is 11.1 Å². The minimum absolute atomic E-state index is 0.0634. The van der Waals surface area contributed by atoms with Gasteiger partial charge in [-0.25, -0.2) is 9.97 Å². The number of ether oxygens (including phenoxy) is 2. The molecule has 3 aromatic rings. The Balaban J connectivity index is 1.60. The molecule has 33 heavy (non-hydrogen) atoms. The van der Waals surface area contributed by atoms with Gasteiger partial charge in [0.05, 0.1) is 18.8 Å². The fourth-order valence-electron chi connectivity index (χ4n) is 4.07. The van der Waals surface area contributed by atoms with Crippen LogP contribution >= 0.6 is 0 Å². The van der Waals surface area contributed by atoms with E-state index in [2.05, 4.69) is 9.97 Å². The summed E-state index contributed by atoms with van der Waals surface area (Å²) in [6.45, 7) is 2.58. The molecule has 2 aromatic heterocycles. The van der Waals surface area contributed by atoms with Gasteiger partial charge in [-0.2, -0.15) is 0 Å². The van der Waals surface area contributed by atoms with Gasteiger partial charge in [0.2, 0.25) is 5.95 Å². The number of methoxy groups -OCH3 is 1. The van der Waals surface area contributed by atoms with Crippen LogP contribution in [0.15, 0.2) is 48.9 Å². The van der Waals surface area contributed by atoms with Gasteiger partial charge in [-0.3, -0.25) is 9.78 Å². The summed E-state index contributed by atoms with van der Waals surface area (Å²) in [5, 5.41) is 0. The van der Waals surface area contributed by atoms with Gasteiger partial charge in [0.25, 0.3) is 5.91 Å². The van der Waals surface area contributed by atoms with Crippen molar-refractivity contribution in [2.75, 3.05) is 39.3 Å². The lowest BCUT2D eigenvalue weighted by Crippen LogP contribution is -2.35. The highest BCUT2D eigenvalue weighted by Gasteiger charge is 2.33. The van der Waals surface area contributed by atoms with Gasteiger partial charge in [0.1, 0.15) is 0 Å². The fourth-order valence-corrected chi connectivity index (χ4v) is 4.07. The van der Waals surface area contributed by atoms with Gasteiger partial charge < -0.3 is 19.3 Å². The van der Waals surface area contributed by atoms with E-state index in [1.54, 1.807) is 19.5 Å². The summed E-state index contributed by atoms with van der Waals surface area (Å²) >= 11 is 0. The van der Waals surface area contributed by atoms with E-state index in [9.17, 15) is 4.79 Å². The van der Waals surface area contributed by atoms with Crippen LogP contribution in [0.3, 0.4) is 0 Å². The molecule has 3 heterocycles. The molecule has 1 aliphatic rings. The van der Waals surface area contributed by atoms with Crippen molar-refractivity contribution < 1.29 is 14.3 Å². The first-order chi connectivity index (χ1) is 16.0. The molecule has 1 saturated heterocycles. The lowest BCUT2D eigenvalue weighted by Gasteiger charge is -2.27. The van der Waals surface area contributed by atoms with Gasteiger partial charge in [0, 0.05) is 44.8 Å². The minimum Gasteiger partial charge on any atom is -0.493 e. The van der Waals surface area contributed by atoms with E-state index in [4.69, 9.17) is 14.5 Å². The van der Waals surface area contributed by atoms with Crippen molar-refractivity contribution in [3.05, 3.63) is 60.2 Å². The predicted molar refractivity (Wildman–Crippen MR) is 127 cm³/mol. The van der Waals surface area contributed by atoms with Crippen LogP contribution in [0.5, 0.6) is 11.5 Å². The van der Waals surface area contributed by atoms with Crippen molar-refractivity contribution in [2.45, 2.75) is 25.8 Å². The van der Waals surface area contributed by atoms with Gasteiger partial charge in [-0.1, -0.05) is 6.07 Å². The Hall–Kier alpha value is -3.68. The highest BCUT2D eigenvalue weighted by molar-refractivity contribution is 5.79. The Morgan fingerprint density at radius 1 is 1.18 bits per heavy atom. The number of hydrogen-bond donors (Lipinski definition) is 0. The number of pyridine rings is 1. The molecule has 0 bridgehead atoms. The predicted octanol–water partition coefficient (Wildman–Crippen LogP) is 3.66. The Kier molecular flexibility index (Phi) is 6.72.